The van der Waals surface area contributed by atoms with Crippen LogP contribution in [0, 0.1) is 11.7 Å². The number of guanidine groups is 1. The minimum atomic E-state index is -0.171. The van der Waals surface area contributed by atoms with E-state index in [0.29, 0.717) is 11.9 Å². The average molecular weight is 403 g/mol. The molecule has 116 valence electrons. The highest BCUT2D eigenvalue weighted by Crippen LogP contribution is 2.43. The number of piperidine rings is 1. The van der Waals surface area contributed by atoms with E-state index in [1.54, 1.807) is 12.1 Å². The van der Waals surface area contributed by atoms with Gasteiger partial charge in [0.1, 0.15) is 5.82 Å². The average Bonchev–Trinajstić information content (AvgIpc) is 3.18. The number of rotatable bonds is 2. The number of hydrogen-bond acceptors (Lipinski definition) is 1. The molecule has 1 saturated carbocycles. The second-order valence-electron chi connectivity index (χ2n) is 6.12. The van der Waals surface area contributed by atoms with Gasteiger partial charge in [-0.2, -0.15) is 0 Å². The second-order valence-corrected chi connectivity index (χ2v) is 6.12. The molecule has 1 aromatic carbocycles. The Balaban J connectivity index is 0.00000161. The summed E-state index contributed by atoms with van der Waals surface area (Å²) < 4.78 is 13.2. The fourth-order valence-corrected chi connectivity index (χ4v) is 2.91. The molecule has 5 heteroatoms. The second kappa shape index (κ2) is 6.94. The SMILES string of the molecule is CC1CCN(C(N)=NC2CC2c2cccc(F)c2)CC1.I. The topological polar surface area (TPSA) is 41.6 Å². The van der Waals surface area contributed by atoms with E-state index < -0.39 is 0 Å². The highest BCUT2D eigenvalue weighted by atomic mass is 127. The van der Waals surface area contributed by atoms with E-state index in [1.165, 1.54) is 18.9 Å². The van der Waals surface area contributed by atoms with Crippen molar-refractivity contribution in [3.8, 4) is 0 Å². The van der Waals surface area contributed by atoms with Crippen molar-refractivity contribution in [2.45, 2.75) is 38.1 Å². The van der Waals surface area contributed by atoms with Gasteiger partial charge in [-0.05, 0) is 42.9 Å². The largest absolute Gasteiger partial charge is 0.370 e. The van der Waals surface area contributed by atoms with Crippen molar-refractivity contribution in [2.24, 2.45) is 16.6 Å². The van der Waals surface area contributed by atoms with Crippen molar-refractivity contribution >= 4 is 29.9 Å². The standard InChI is InChI=1S/C16H22FN3.HI/c1-11-5-7-20(8-6-11)16(18)19-15-10-14(15)12-3-2-4-13(17)9-12;/h2-4,9,11,14-15H,5-8,10H2,1H3,(H2,18,19);1H. The Hall–Kier alpha value is -0.850. The van der Waals surface area contributed by atoms with Crippen LogP contribution in [-0.2, 0) is 0 Å². The molecule has 21 heavy (non-hydrogen) atoms. The zero-order valence-electron chi connectivity index (χ0n) is 12.3. The Bertz CT molecular complexity index is 512. The Morgan fingerprint density at radius 2 is 2.05 bits per heavy atom. The molecular weight excluding hydrogens is 380 g/mol. The van der Waals surface area contributed by atoms with Crippen molar-refractivity contribution in [3.05, 3.63) is 35.6 Å². The van der Waals surface area contributed by atoms with Gasteiger partial charge in [0.05, 0.1) is 6.04 Å². The van der Waals surface area contributed by atoms with E-state index in [9.17, 15) is 4.39 Å². The van der Waals surface area contributed by atoms with Gasteiger partial charge < -0.3 is 10.6 Å². The number of nitrogens with two attached hydrogens (primary N) is 1. The minimum absolute atomic E-state index is 0. The molecule has 2 fully saturated rings. The third-order valence-electron chi connectivity index (χ3n) is 4.44. The molecule has 3 nitrogen and oxygen atoms in total. The molecule has 1 saturated heterocycles. The summed E-state index contributed by atoms with van der Waals surface area (Å²) in [4.78, 5) is 6.80. The van der Waals surface area contributed by atoms with E-state index in [2.05, 4.69) is 16.8 Å². The van der Waals surface area contributed by atoms with Crippen molar-refractivity contribution < 1.29 is 4.39 Å². The smallest absolute Gasteiger partial charge is 0.191 e. The van der Waals surface area contributed by atoms with E-state index >= 15 is 0 Å². The monoisotopic (exact) mass is 403 g/mol. The van der Waals surface area contributed by atoms with Gasteiger partial charge in [-0.25, -0.2) is 9.38 Å². The number of hydrogen-bond donors (Lipinski definition) is 1. The quantitative estimate of drug-likeness (QED) is 0.468. The lowest BCUT2D eigenvalue weighted by Crippen LogP contribution is -2.42. The summed E-state index contributed by atoms with van der Waals surface area (Å²) in [6.45, 7) is 4.30. The lowest BCUT2D eigenvalue weighted by atomic mass is 10.00. The van der Waals surface area contributed by atoms with Crippen LogP contribution >= 0.6 is 24.0 Å². The van der Waals surface area contributed by atoms with Crippen molar-refractivity contribution in [1.29, 1.82) is 0 Å². The molecule has 0 bridgehead atoms. The summed E-state index contributed by atoms with van der Waals surface area (Å²) in [6.07, 6.45) is 3.36. The molecule has 2 aliphatic rings. The highest BCUT2D eigenvalue weighted by molar-refractivity contribution is 14.0. The van der Waals surface area contributed by atoms with Crippen LogP contribution in [0.25, 0.3) is 0 Å². The van der Waals surface area contributed by atoms with Gasteiger partial charge in [-0.1, -0.05) is 19.1 Å². The minimum Gasteiger partial charge on any atom is -0.370 e. The molecule has 2 atom stereocenters. The Labute approximate surface area is 142 Å². The first-order chi connectivity index (χ1) is 9.63. The van der Waals surface area contributed by atoms with Crippen LogP contribution in [0.1, 0.15) is 37.7 Å². The maximum absolute atomic E-state index is 13.2. The Morgan fingerprint density at radius 3 is 2.71 bits per heavy atom. The summed E-state index contributed by atoms with van der Waals surface area (Å²) in [6, 6.07) is 7.06. The zero-order chi connectivity index (χ0) is 14.1. The highest BCUT2D eigenvalue weighted by Gasteiger charge is 2.39. The van der Waals surface area contributed by atoms with Crippen LogP contribution in [0.2, 0.25) is 0 Å². The van der Waals surface area contributed by atoms with E-state index in [1.807, 2.05) is 6.07 Å². The summed E-state index contributed by atoms with van der Waals surface area (Å²) in [5.41, 5.74) is 7.15. The first-order valence-electron chi connectivity index (χ1n) is 7.47. The molecule has 0 amide bonds. The lowest BCUT2D eigenvalue weighted by molar-refractivity contribution is 0.277. The number of likely N-dealkylation sites (tertiary alicyclic amines) is 1. The molecule has 2 N–H and O–H groups in total. The maximum atomic E-state index is 13.2. The van der Waals surface area contributed by atoms with Crippen LogP contribution in [0.15, 0.2) is 29.3 Å². The van der Waals surface area contributed by atoms with Gasteiger partial charge in [0.25, 0.3) is 0 Å². The summed E-state index contributed by atoms with van der Waals surface area (Å²) >= 11 is 0. The normalized spacial score (nSPS) is 26.4. The number of halogens is 2. The fraction of sp³-hybridized carbons (Fsp3) is 0.562. The number of benzene rings is 1. The lowest BCUT2D eigenvalue weighted by Gasteiger charge is -2.31. The zero-order valence-corrected chi connectivity index (χ0v) is 14.7. The van der Waals surface area contributed by atoms with Crippen LogP contribution < -0.4 is 5.73 Å². The van der Waals surface area contributed by atoms with E-state index in [-0.39, 0.29) is 35.8 Å². The van der Waals surface area contributed by atoms with Gasteiger partial charge >= 0.3 is 0 Å². The summed E-state index contributed by atoms with van der Waals surface area (Å²) in [7, 11) is 0. The maximum Gasteiger partial charge on any atom is 0.191 e. The molecule has 0 spiro atoms. The molecule has 2 unspecified atom stereocenters. The van der Waals surface area contributed by atoms with Crippen molar-refractivity contribution in [3.63, 3.8) is 0 Å². The van der Waals surface area contributed by atoms with Gasteiger partial charge in [-0.3, -0.25) is 0 Å². The molecule has 1 aliphatic heterocycles. The van der Waals surface area contributed by atoms with Crippen molar-refractivity contribution in [2.75, 3.05) is 13.1 Å². The third kappa shape index (κ3) is 4.08. The van der Waals surface area contributed by atoms with Gasteiger partial charge in [-0.15, -0.1) is 24.0 Å². The Morgan fingerprint density at radius 1 is 1.33 bits per heavy atom. The molecular formula is C16H23FIN3. The van der Waals surface area contributed by atoms with Crippen LogP contribution in [0.4, 0.5) is 4.39 Å². The predicted molar refractivity (Wildman–Crippen MR) is 94.6 cm³/mol. The number of nitrogens with zero attached hydrogens (tertiary/aromatic N) is 2. The van der Waals surface area contributed by atoms with Crippen LogP contribution in [0.3, 0.4) is 0 Å². The van der Waals surface area contributed by atoms with Gasteiger partial charge in [0.2, 0.25) is 0 Å². The van der Waals surface area contributed by atoms with E-state index in [0.717, 1.165) is 31.0 Å². The molecule has 0 radical (unpaired) electrons. The van der Waals surface area contributed by atoms with Gasteiger partial charge in [0.15, 0.2) is 5.96 Å². The molecule has 3 rings (SSSR count). The molecule has 1 heterocycles. The van der Waals surface area contributed by atoms with Crippen LogP contribution in [0.5, 0.6) is 0 Å². The van der Waals surface area contributed by atoms with E-state index in [4.69, 9.17) is 5.73 Å². The first kappa shape index (κ1) is 16.5. The Kier molecular flexibility index (Phi) is 5.46. The van der Waals surface area contributed by atoms with Crippen LogP contribution in [-0.4, -0.2) is 30.0 Å². The molecule has 1 aromatic rings. The molecule has 0 aromatic heterocycles. The first-order valence-corrected chi connectivity index (χ1v) is 7.47. The number of aliphatic imine (C=N–C) groups is 1. The third-order valence-corrected chi connectivity index (χ3v) is 4.44. The van der Waals surface area contributed by atoms with Gasteiger partial charge in [0, 0.05) is 19.0 Å². The fourth-order valence-electron chi connectivity index (χ4n) is 2.91. The summed E-state index contributed by atoms with van der Waals surface area (Å²) in [5, 5.41) is 0. The van der Waals surface area contributed by atoms with Crippen molar-refractivity contribution in [1.82, 2.24) is 4.90 Å². The summed E-state index contributed by atoms with van der Waals surface area (Å²) in [5.74, 6) is 1.63. The molecule has 1 aliphatic carbocycles. The predicted octanol–water partition coefficient (Wildman–Crippen LogP) is 3.35.